The zero-order chi connectivity index (χ0) is 32.0. The number of fused-ring (bicyclic) bond motifs is 1. The van der Waals surface area contributed by atoms with Gasteiger partial charge in [-0.05, 0) is 18.2 Å². The topological polar surface area (TPSA) is 290 Å². The summed E-state index contributed by atoms with van der Waals surface area (Å²) in [5.41, 5.74) is -1.48. The summed E-state index contributed by atoms with van der Waals surface area (Å²) < 4.78 is 27.1. The minimum Gasteiger partial charge on any atom is -0.508 e. The van der Waals surface area contributed by atoms with Gasteiger partial charge in [-0.2, -0.15) is 0 Å². The molecule has 11 N–H and O–H groups in total. The molecule has 2 aliphatic heterocycles. The molecule has 2 saturated heterocycles. The average molecular weight is 627 g/mol. The molecule has 0 amide bonds. The van der Waals surface area contributed by atoms with Gasteiger partial charge in [-0.25, -0.2) is 0 Å². The second kappa shape index (κ2) is 12.3. The summed E-state index contributed by atoms with van der Waals surface area (Å²) in [7, 11) is 0. The van der Waals surface area contributed by atoms with Gasteiger partial charge in [-0.1, -0.05) is 0 Å². The SMILES string of the molecule is O=c1c(O)c(-c2ccc(O[C@@H]3O[C@H](CO)[C@@H](O)[C@H](O)[C@H]3O)c(O)c2)oc2cc(O)cc(O[C@@H]3O[C@H](CO)[C@@H](O)[C@H](O)[C@H]3O)c12. The molecular formula is C27H30O17. The first-order valence-corrected chi connectivity index (χ1v) is 13.2. The van der Waals surface area contributed by atoms with Crippen molar-refractivity contribution in [2.24, 2.45) is 0 Å². The summed E-state index contributed by atoms with van der Waals surface area (Å²) in [4.78, 5) is 13.3. The van der Waals surface area contributed by atoms with Crippen LogP contribution in [-0.2, 0) is 9.47 Å². The van der Waals surface area contributed by atoms with E-state index >= 15 is 0 Å². The quantitative estimate of drug-likeness (QED) is 0.124. The summed E-state index contributed by atoms with van der Waals surface area (Å²) in [6.07, 6.45) is -16.4. The first-order valence-electron chi connectivity index (χ1n) is 13.2. The summed E-state index contributed by atoms with van der Waals surface area (Å²) >= 11 is 0. The fourth-order valence-electron chi connectivity index (χ4n) is 4.89. The lowest BCUT2D eigenvalue weighted by atomic mass is 9.99. The molecular weight excluding hydrogens is 596 g/mol. The van der Waals surface area contributed by atoms with Crippen molar-refractivity contribution in [2.75, 3.05) is 13.2 Å². The van der Waals surface area contributed by atoms with Crippen LogP contribution in [0.4, 0.5) is 0 Å². The predicted molar refractivity (Wildman–Crippen MR) is 142 cm³/mol. The van der Waals surface area contributed by atoms with E-state index < -0.39 is 114 Å². The largest absolute Gasteiger partial charge is 0.508 e. The van der Waals surface area contributed by atoms with Crippen LogP contribution in [-0.4, -0.2) is 131 Å². The molecule has 10 atom stereocenters. The molecule has 0 aliphatic carbocycles. The first-order chi connectivity index (χ1) is 20.9. The third-order valence-electron chi connectivity index (χ3n) is 7.32. The van der Waals surface area contributed by atoms with Gasteiger partial charge in [0.15, 0.2) is 17.3 Å². The lowest BCUT2D eigenvalue weighted by molar-refractivity contribution is -0.277. The highest BCUT2D eigenvalue weighted by Gasteiger charge is 2.46. The average Bonchev–Trinajstić information content (AvgIpc) is 3.00. The number of aliphatic hydroxyl groups is 8. The molecule has 2 aromatic carbocycles. The second-order valence-corrected chi connectivity index (χ2v) is 10.2. The highest BCUT2D eigenvalue weighted by atomic mass is 16.7. The van der Waals surface area contributed by atoms with Gasteiger partial charge in [0.05, 0.1) is 13.2 Å². The smallest absolute Gasteiger partial charge is 0.238 e. The van der Waals surface area contributed by atoms with Crippen molar-refractivity contribution in [3.8, 4) is 40.1 Å². The van der Waals surface area contributed by atoms with Crippen LogP contribution in [0.1, 0.15) is 0 Å². The predicted octanol–water partition coefficient (Wildman–Crippen LogP) is -3.07. The van der Waals surface area contributed by atoms with Crippen LogP contribution in [0.2, 0.25) is 0 Å². The minimum absolute atomic E-state index is 0.0695. The van der Waals surface area contributed by atoms with E-state index in [0.29, 0.717) is 0 Å². The van der Waals surface area contributed by atoms with Gasteiger partial charge in [0, 0.05) is 17.7 Å². The maximum Gasteiger partial charge on any atom is 0.238 e. The number of aliphatic hydroxyl groups excluding tert-OH is 8. The molecule has 3 aromatic rings. The number of hydrogen-bond acceptors (Lipinski definition) is 17. The summed E-state index contributed by atoms with van der Waals surface area (Å²) in [5.74, 6) is -3.29. The fourth-order valence-corrected chi connectivity index (χ4v) is 4.89. The van der Waals surface area contributed by atoms with Crippen molar-refractivity contribution < 1.29 is 79.5 Å². The Morgan fingerprint density at radius 1 is 0.682 bits per heavy atom. The lowest BCUT2D eigenvalue weighted by Crippen LogP contribution is -2.60. The Bertz CT molecular complexity index is 1550. The van der Waals surface area contributed by atoms with E-state index in [1.54, 1.807) is 0 Å². The Morgan fingerprint density at radius 3 is 1.75 bits per heavy atom. The third kappa shape index (κ3) is 5.61. The van der Waals surface area contributed by atoms with E-state index in [1.807, 2.05) is 0 Å². The van der Waals surface area contributed by atoms with Crippen LogP contribution in [0.15, 0.2) is 39.5 Å². The lowest BCUT2D eigenvalue weighted by Gasteiger charge is -2.39. The Hall–Kier alpha value is -3.75. The molecule has 0 unspecified atom stereocenters. The number of phenolic OH excluding ortho intramolecular Hbond substituents is 2. The molecule has 5 rings (SSSR count). The normalized spacial score (nSPS) is 32.5. The van der Waals surface area contributed by atoms with E-state index in [9.17, 15) is 61.0 Å². The van der Waals surface area contributed by atoms with Crippen LogP contribution in [0.25, 0.3) is 22.3 Å². The Kier molecular flexibility index (Phi) is 8.87. The van der Waals surface area contributed by atoms with Crippen molar-refractivity contribution in [2.45, 2.75) is 61.4 Å². The number of aromatic hydroxyl groups is 3. The van der Waals surface area contributed by atoms with Crippen molar-refractivity contribution >= 4 is 11.0 Å². The molecule has 0 saturated carbocycles. The van der Waals surface area contributed by atoms with Gasteiger partial charge in [0.1, 0.15) is 71.3 Å². The summed E-state index contributed by atoms with van der Waals surface area (Å²) in [5, 5.41) is 110. The number of hydrogen-bond donors (Lipinski definition) is 11. The van der Waals surface area contributed by atoms with Crippen LogP contribution < -0.4 is 14.9 Å². The van der Waals surface area contributed by atoms with E-state index in [4.69, 9.17) is 23.4 Å². The van der Waals surface area contributed by atoms with Crippen LogP contribution in [0.5, 0.6) is 28.7 Å². The van der Waals surface area contributed by atoms with E-state index in [2.05, 4.69) is 0 Å². The zero-order valence-corrected chi connectivity index (χ0v) is 22.4. The number of ether oxygens (including phenoxy) is 4. The van der Waals surface area contributed by atoms with Crippen LogP contribution in [0.3, 0.4) is 0 Å². The maximum absolute atomic E-state index is 13.3. The van der Waals surface area contributed by atoms with Crippen LogP contribution >= 0.6 is 0 Å². The van der Waals surface area contributed by atoms with E-state index in [1.165, 1.54) is 6.07 Å². The molecule has 1 aromatic heterocycles. The monoisotopic (exact) mass is 626 g/mol. The molecule has 17 nitrogen and oxygen atoms in total. The standard InChI is InChI=1S/C27H30O17/c28-6-14-17(32)20(35)23(38)26(43-14)41-11-2-1-8(3-10(11)31)25-22(37)19(34)16-12(40-25)4-9(30)5-13(16)42-27-24(39)21(36)18(33)15(7-29)44-27/h1-5,14-15,17-18,20-21,23-24,26-33,35-39H,6-7H2/t14-,15-,17-,18-,20+,21+,23-,24-,26-,27-/m1/s1. The number of benzene rings is 2. The molecule has 0 radical (unpaired) electrons. The Balaban J connectivity index is 1.46. The molecule has 2 aliphatic rings. The molecule has 240 valence electrons. The van der Waals surface area contributed by atoms with Gasteiger partial charge < -0.3 is 79.5 Å². The van der Waals surface area contributed by atoms with E-state index in [-0.39, 0.29) is 16.9 Å². The van der Waals surface area contributed by atoms with Gasteiger partial charge in [0.2, 0.25) is 23.8 Å². The molecule has 2 fully saturated rings. The van der Waals surface area contributed by atoms with E-state index in [0.717, 1.165) is 24.3 Å². The number of rotatable bonds is 7. The minimum atomic E-state index is -1.85. The van der Waals surface area contributed by atoms with Crippen molar-refractivity contribution in [1.82, 2.24) is 0 Å². The molecule has 17 heteroatoms. The molecule has 0 spiro atoms. The molecule has 44 heavy (non-hydrogen) atoms. The molecule has 3 heterocycles. The summed E-state index contributed by atoms with van der Waals surface area (Å²) in [6.45, 7) is -1.46. The van der Waals surface area contributed by atoms with Gasteiger partial charge in [-0.3, -0.25) is 4.79 Å². The van der Waals surface area contributed by atoms with Crippen molar-refractivity contribution in [3.05, 3.63) is 40.6 Å². The Morgan fingerprint density at radius 2 is 1.23 bits per heavy atom. The third-order valence-corrected chi connectivity index (χ3v) is 7.32. The summed E-state index contributed by atoms with van der Waals surface area (Å²) in [6, 6.07) is 5.34. The maximum atomic E-state index is 13.3. The molecule has 0 bridgehead atoms. The van der Waals surface area contributed by atoms with Gasteiger partial charge >= 0.3 is 0 Å². The Labute approximate surface area is 246 Å². The van der Waals surface area contributed by atoms with Crippen molar-refractivity contribution in [3.63, 3.8) is 0 Å². The highest BCUT2D eigenvalue weighted by molar-refractivity contribution is 5.88. The van der Waals surface area contributed by atoms with Gasteiger partial charge in [-0.15, -0.1) is 0 Å². The highest BCUT2D eigenvalue weighted by Crippen LogP contribution is 2.40. The fraction of sp³-hybridized carbons (Fsp3) is 0.444. The zero-order valence-electron chi connectivity index (χ0n) is 22.4. The van der Waals surface area contributed by atoms with Crippen LogP contribution in [0, 0.1) is 0 Å². The van der Waals surface area contributed by atoms with Crippen molar-refractivity contribution in [1.29, 1.82) is 0 Å². The number of phenols is 2. The second-order valence-electron chi connectivity index (χ2n) is 10.2. The van der Waals surface area contributed by atoms with Gasteiger partial charge in [0.25, 0.3) is 0 Å². The first kappa shape index (κ1) is 31.7.